The quantitative estimate of drug-likeness (QED) is 0.632. The van der Waals surface area contributed by atoms with E-state index in [2.05, 4.69) is 26.1 Å². The van der Waals surface area contributed by atoms with Gasteiger partial charge in [0.25, 0.3) is 0 Å². The lowest BCUT2D eigenvalue weighted by Gasteiger charge is -2.02. The summed E-state index contributed by atoms with van der Waals surface area (Å²) in [6.07, 6.45) is 4.62. The number of rotatable bonds is 7. The predicted molar refractivity (Wildman–Crippen MR) is 63.8 cm³/mol. The lowest BCUT2D eigenvalue weighted by molar-refractivity contribution is -0.119. The van der Waals surface area contributed by atoms with Crippen molar-refractivity contribution in [1.29, 1.82) is 0 Å². The summed E-state index contributed by atoms with van der Waals surface area (Å²) in [5.41, 5.74) is 0. The highest BCUT2D eigenvalue weighted by atomic mass is 16.4. The van der Waals surface area contributed by atoms with Crippen molar-refractivity contribution in [2.75, 3.05) is 11.9 Å². The average Bonchev–Trinajstić information content (AvgIpc) is 3.27. The molecule has 1 aromatic rings. The minimum absolute atomic E-state index is 0.0339. The van der Waals surface area contributed by atoms with Gasteiger partial charge in [0.2, 0.25) is 11.8 Å². The van der Waals surface area contributed by atoms with Crippen molar-refractivity contribution < 1.29 is 9.21 Å². The van der Waals surface area contributed by atoms with Crippen molar-refractivity contribution in [1.82, 2.24) is 20.8 Å². The molecule has 2 aliphatic rings. The molecule has 0 spiro atoms. The van der Waals surface area contributed by atoms with Gasteiger partial charge in [0, 0.05) is 12.1 Å². The summed E-state index contributed by atoms with van der Waals surface area (Å²) in [4.78, 5) is 11.4. The topological polar surface area (TPSA) is 92.1 Å². The molecule has 3 rings (SSSR count). The van der Waals surface area contributed by atoms with Crippen molar-refractivity contribution in [3.05, 3.63) is 5.89 Å². The third-order valence-corrected chi connectivity index (χ3v) is 2.93. The zero-order valence-electron chi connectivity index (χ0n) is 10.1. The molecule has 98 valence electrons. The van der Waals surface area contributed by atoms with Crippen LogP contribution in [0.1, 0.15) is 31.6 Å². The zero-order chi connectivity index (χ0) is 12.4. The van der Waals surface area contributed by atoms with E-state index in [9.17, 15) is 4.79 Å². The first-order valence-electron chi connectivity index (χ1n) is 6.38. The molecule has 0 aromatic carbocycles. The van der Waals surface area contributed by atoms with E-state index < -0.39 is 0 Å². The fourth-order valence-corrected chi connectivity index (χ4v) is 1.58. The Hall–Kier alpha value is -1.63. The van der Waals surface area contributed by atoms with Gasteiger partial charge in [-0.15, -0.1) is 5.10 Å². The molecule has 2 fully saturated rings. The van der Waals surface area contributed by atoms with Crippen molar-refractivity contribution in [2.24, 2.45) is 0 Å². The van der Waals surface area contributed by atoms with Crippen LogP contribution in [0.15, 0.2) is 4.42 Å². The van der Waals surface area contributed by atoms with Gasteiger partial charge >= 0.3 is 6.01 Å². The van der Waals surface area contributed by atoms with E-state index in [1.54, 1.807) is 0 Å². The molecular formula is C11H17N5O2. The van der Waals surface area contributed by atoms with Gasteiger partial charge in [-0.25, -0.2) is 0 Å². The maximum atomic E-state index is 11.4. The number of hydrogen-bond acceptors (Lipinski definition) is 6. The molecule has 0 bridgehead atoms. The number of carbonyl (C=O) groups excluding carboxylic acids is 1. The minimum Gasteiger partial charge on any atom is -0.407 e. The van der Waals surface area contributed by atoms with E-state index in [0.29, 0.717) is 30.5 Å². The second-order valence-electron chi connectivity index (χ2n) is 4.85. The Balaban J connectivity index is 1.39. The number of anilines is 1. The normalized spacial score (nSPS) is 18.7. The number of nitrogens with one attached hydrogen (secondary N) is 3. The molecule has 2 aliphatic carbocycles. The molecule has 7 nitrogen and oxygen atoms in total. The molecule has 0 unspecified atom stereocenters. The van der Waals surface area contributed by atoms with Crippen molar-refractivity contribution in [2.45, 2.75) is 44.3 Å². The van der Waals surface area contributed by atoms with Crippen LogP contribution in [0, 0.1) is 0 Å². The van der Waals surface area contributed by atoms with Gasteiger partial charge in [0.05, 0.1) is 13.1 Å². The first-order valence-corrected chi connectivity index (χ1v) is 6.38. The first-order chi connectivity index (χ1) is 8.79. The van der Waals surface area contributed by atoms with Crippen LogP contribution in [0.4, 0.5) is 6.01 Å². The fourth-order valence-electron chi connectivity index (χ4n) is 1.58. The molecular weight excluding hydrogens is 234 g/mol. The summed E-state index contributed by atoms with van der Waals surface area (Å²) < 4.78 is 5.36. The molecule has 18 heavy (non-hydrogen) atoms. The van der Waals surface area contributed by atoms with E-state index >= 15 is 0 Å². The summed E-state index contributed by atoms with van der Waals surface area (Å²) in [6.45, 7) is 0.766. The molecule has 7 heteroatoms. The molecule has 0 aliphatic heterocycles. The zero-order valence-corrected chi connectivity index (χ0v) is 10.1. The Morgan fingerprint density at radius 3 is 2.72 bits per heavy atom. The van der Waals surface area contributed by atoms with E-state index in [0.717, 1.165) is 12.8 Å². The molecule has 2 saturated carbocycles. The third-order valence-electron chi connectivity index (χ3n) is 2.93. The van der Waals surface area contributed by atoms with E-state index in [1.807, 2.05) is 0 Å². The number of nitrogens with zero attached hydrogens (tertiary/aromatic N) is 2. The van der Waals surface area contributed by atoms with E-state index in [-0.39, 0.29) is 12.5 Å². The van der Waals surface area contributed by atoms with Gasteiger partial charge in [-0.2, -0.15) is 0 Å². The highest BCUT2D eigenvalue weighted by molar-refractivity contribution is 5.80. The van der Waals surface area contributed by atoms with Crippen LogP contribution in [0.2, 0.25) is 0 Å². The Morgan fingerprint density at radius 1 is 1.22 bits per heavy atom. The molecule has 3 N–H and O–H groups in total. The standard InChI is InChI=1S/C11H17N5O2/c17-9(14-8-3-4-8)5-13-11-16-15-10(18-11)6-12-7-1-2-7/h7-8,12H,1-6H2,(H,13,16)(H,14,17). The van der Waals surface area contributed by atoms with Gasteiger partial charge in [-0.3, -0.25) is 4.79 Å². The summed E-state index contributed by atoms with van der Waals surface area (Å²) in [5.74, 6) is 0.514. The minimum atomic E-state index is -0.0339. The molecule has 0 saturated heterocycles. The monoisotopic (exact) mass is 251 g/mol. The number of hydrogen-bond donors (Lipinski definition) is 3. The summed E-state index contributed by atoms with van der Waals surface area (Å²) in [5, 5.41) is 16.7. The van der Waals surface area contributed by atoms with Crippen LogP contribution in [-0.2, 0) is 11.3 Å². The van der Waals surface area contributed by atoms with Crippen LogP contribution >= 0.6 is 0 Å². The van der Waals surface area contributed by atoms with Crippen LogP contribution < -0.4 is 16.0 Å². The Morgan fingerprint density at radius 2 is 2.00 bits per heavy atom. The molecule has 0 radical (unpaired) electrons. The SMILES string of the molecule is O=C(CNc1nnc(CNC2CC2)o1)NC1CC1. The third kappa shape index (κ3) is 3.43. The van der Waals surface area contributed by atoms with Crippen LogP contribution in [0.25, 0.3) is 0 Å². The highest BCUT2D eigenvalue weighted by Gasteiger charge is 2.23. The number of aromatic nitrogens is 2. The van der Waals surface area contributed by atoms with Crippen LogP contribution in [-0.4, -0.2) is 34.7 Å². The van der Waals surface area contributed by atoms with Crippen LogP contribution in [0.5, 0.6) is 0 Å². The predicted octanol–water partition coefficient (Wildman–Crippen LogP) is 0.0121. The molecule has 1 aromatic heterocycles. The van der Waals surface area contributed by atoms with E-state index in [1.165, 1.54) is 12.8 Å². The van der Waals surface area contributed by atoms with Gasteiger partial charge in [-0.1, -0.05) is 5.10 Å². The maximum absolute atomic E-state index is 11.4. The molecule has 1 amide bonds. The second kappa shape index (κ2) is 4.93. The fraction of sp³-hybridized carbons (Fsp3) is 0.727. The highest BCUT2D eigenvalue weighted by Crippen LogP contribution is 2.19. The number of amides is 1. The Labute approximate surface area is 105 Å². The van der Waals surface area contributed by atoms with E-state index in [4.69, 9.17) is 4.42 Å². The van der Waals surface area contributed by atoms with Crippen molar-refractivity contribution in [3.63, 3.8) is 0 Å². The van der Waals surface area contributed by atoms with Gasteiger partial charge in [-0.05, 0) is 25.7 Å². The Bertz CT molecular complexity index is 425. The first kappa shape index (κ1) is 11.5. The summed E-state index contributed by atoms with van der Waals surface area (Å²) >= 11 is 0. The average molecular weight is 251 g/mol. The van der Waals surface area contributed by atoms with Gasteiger partial charge in [0.15, 0.2) is 0 Å². The largest absolute Gasteiger partial charge is 0.407 e. The van der Waals surface area contributed by atoms with Crippen LogP contribution in [0.3, 0.4) is 0 Å². The lowest BCUT2D eigenvalue weighted by atomic mass is 10.5. The smallest absolute Gasteiger partial charge is 0.315 e. The Kier molecular flexibility index (Phi) is 3.14. The van der Waals surface area contributed by atoms with Gasteiger partial charge < -0.3 is 20.4 Å². The second-order valence-corrected chi connectivity index (χ2v) is 4.85. The molecule has 0 atom stereocenters. The maximum Gasteiger partial charge on any atom is 0.315 e. The number of carbonyl (C=O) groups is 1. The summed E-state index contributed by atoms with van der Waals surface area (Å²) in [6, 6.07) is 1.28. The summed E-state index contributed by atoms with van der Waals surface area (Å²) in [7, 11) is 0. The van der Waals surface area contributed by atoms with Crippen molar-refractivity contribution >= 4 is 11.9 Å². The van der Waals surface area contributed by atoms with Crippen molar-refractivity contribution in [3.8, 4) is 0 Å². The van der Waals surface area contributed by atoms with Gasteiger partial charge in [0.1, 0.15) is 0 Å². The molecule has 1 heterocycles. The lowest BCUT2D eigenvalue weighted by Crippen LogP contribution is -2.31.